The van der Waals surface area contributed by atoms with Crippen molar-refractivity contribution in [2.75, 3.05) is 7.11 Å². The van der Waals surface area contributed by atoms with Gasteiger partial charge in [-0.25, -0.2) is 0 Å². The van der Waals surface area contributed by atoms with Crippen molar-refractivity contribution in [1.29, 1.82) is 5.26 Å². The molecule has 0 spiro atoms. The topological polar surface area (TPSA) is 33.0 Å². The van der Waals surface area contributed by atoms with Crippen molar-refractivity contribution in [1.82, 2.24) is 0 Å². The van der Waals surface area contributed by atoms with Crippen LogP contribution >= 0.6 is 11.6 Å². The summed E-state index contributed by atoms with van der Waals surface area (Å²) in [6.45, 7) is 1.90. The average molecular weight is 196 g/mol. The summed E-state index contributed by atoms with van der Waals surface area (Å²) in [7, 11) is 1.58. The summed E-state index contributed by atoms with van der Waals surface area (Å²) in [5, 5.41) is 9.21. The summed E-state index contributed by atoms with van der Waals surface area (Å²) in [4.78, 5) is 0. The summed E-state index contributed by atoms with van der Waals surface area (Å²) in [5.41, 5.74) is 1.87. The second kappa shape index (κ2) is 4.15. The van der Waals surface area contributed by atoms with Gasteiger partial charge in [0.2, 0.25) is 0 Å². The third-order valence-electron chi connectivity index (χ3n) is 1.93. The molecule has 1 aromatic rings. The highest BCUT2D eigenvalue weighted by Crippen LogP contribution is 2.25. The van der Waals surface area contributed by atoms with Crippen molar-refractivity contribution in [3.05, 3.63) is 28.3 Å². The smallest absolute Gasteiger partial charge is 0.120 e. The summed E-state index contributed by atoms with van der Waals surface area (Å²) >= 11 is 5.94. The first kappa shape index (κ1) is 9.88. The highest BCUT2D eigenvalue weighted by atomic mass is 35.5. The minimum Gasteiger partial charge on any atom is -0.497 e. The number of halogens is 1. The Hall–Kier alpha value is -1.20. The second-order valence-electron chi connectivity index (χ2n) is 2.73. The Morgan fingerprint density at radius 2 is 2.23 bits per heavy atom. The van der Waals surface area contributed by atoms with E-state index in [-0.39, 0.29) is 0 Å². The van der Waals surface area contributed by atoms with Crippen LogP contribution < -0.4 is 4.74 Å². The number of methoxy groups -OCH3 is 1. The van der Waals surface area contributed by atoms with Crippen LogP contribution in [0, 0.1) is 18.3 Å². The van der Waals surface area contributed by atoms with Gasteiger partial charge in [0, 0.05) is 5.02 Å². The van der Waals surface area contributed by atoms with Crippen LogP contribution in [0.1, 0.15) is 11.1 Å². The molecule has 0 aliphatic heterocycles. The van der Waals surface area contributed by atoms with Gasteiger partial charge >= 0.3 is 0 Å². The molecule has 0 aliphatic carbocycles. The normalized spacial score (nSPS) is 9.38. The summed E-state index contributed by atoms with van der Waals surface area (Å²) in [5.74, 6) is 0.695. The minimum absolute atomic E-state index is 0.364. The Balaban J connectivity index is 3.18. The van der Waals surface area contributed by atoms with E-state index in [4.69, 9.17) is 21.6 Å². The molecule has 0 amide bonds. The first-order chi connectivity index (χ1) is 6.19. The van der Waals surface area contributed by atoms with Crippen LogP contribution in [0.15, 0.2) is 12.1 Å². The van der Waals surface area contributed by atoms with Crippen LogP contribution in [-0.4, -0.2) is 7.11 Å². The van der Waals surface area contributed by atoms with Crippen LogP contribution in [0.5, 0.6) is 5.75 Å². The van der Waals surface area contributed by atoms with Crippen LogP contribution in [0.2, 0.25) is 5.02 Å². The maximum Gasteiger partial charge on any atom is 0.120 e. The van der Waals surface area contributed by atoms with E-state index in [0.717, 1.165) is 11.1 Å². The first-order valence-corrected chi connectivity index (χ1v) is 4.26. The van der Waals surface area contributed by atoms with Crippen LogP contribution in [0.4, 0.5) is 0 Å². The standard InChI is InChI=1S/C10H10ClNO/c1-7-8(3-4-12)5-9(13-2)6-10(7)11/h5-6H,3H2,1-2H3. The highest BCUT2D eigenvalue weighted by molar-refractivity contribution is 6.31. The Morgan fingerprint density at radius 1 is 1.54 bits per heavy atom. The number of ether oxygens (including phenoxy) is 1. The molecular formula is C10H10ClNO. The van der Waals surface area contributed by atoms with Crippen LogP contribution in [0.25, 0.3) is 0 Å². The van der Waals surface area contributed by atoms with Crippen molar-refractivity contribution in [2.24, 2.45) is 0 Å². The van der Waals surface area contributed by atoms with Gasteiger partial charge in [-0.05, 0) is 30.2 Å². The maximum atomic E-state index is 8.56. The molecule has 1 rings (SSSR count). The lowest BCUT2D eigenvalue weighted by Gasteiger charge is -2.07. The fourth-order valence-electron chi connectivity index (χ4n) is 1.09. The highest BCUT2D eigenvalue weighted by Gasteiger charge is 2.05. The molecule has 0 aliphatic rings. The van der Waals surface area contributed by atoms with Crippen molar-refractivity contribution in [2.45, 2.75) is 13.3 Å². The first-order valence-electron chi connectivity index (χ1n) is 3.89. The predicted octanol–water partition coefficient (Wildman–Crippen LogP) is 2.72. The van der Waals surface area contributed by atoms with E-state index in [1.54, 1.807) is 13.2 Å². The Kier molecular flexibility index (Phi) is 3.16. The molecule has 0 fully saturated rings. The fraction of sp³-hybridized carbons (Fsp3) is 0.300. The van der Waals surface area contributed by atoms with Gasteiger partial charge in [-0.15, -0.1) is 0 Å². The molecule has 0 N–H and O–H groups in total. The molecule has 2 nitrogen and oxygen atoms in total. The number of hydrogen-bond donors (Lipinski definition) is 0. The summed E-state index contributed by atoms with van der Waals surface area (Å²) in [6, 6.07) is 5.67. The monoisotopic (exact) mass is 195 g/mol. The number of nitriles is 1. The molecule has 3 heteroatoms. The van der Waals surface area contributed by atoms with Gasteiger partial charge in [0.15, 0.2) is 0 Å². The lowest BCUT2D eigenvalue weighted by Crippen LogP contribution is -1.91. The van der Waals surface area contributed by atoms with E-state index in [1.807, 2.05) is 13.0 Å². The van der Waals surface area contributed by atoms with Gasteiger partial charge in [-0.2, -0.15) is 5.26 Å². The Labute approximate surface area is 82.7 Å². The SMILES string of the molecule is COc1cc(Cl)c(C)c(CC#N)c1. The molecule has 0 radical (unpaired) electrons. The van der Waals surface area contributed by atoms with E-state index >= 15 is 0 Å². The van der Waals surface area contributed by atoms with E-state index in [0.29, 0.717) is 17.2 Å². The van der Waals surface area contributed by atoms with E-state index < -0.39 is 0 Å². The van der Waals surface area contributed by atoms with Gasteiger partial charge in [0.1, 0.15) is 5.75 Å². The molecule has 0 aromatic heterocycles. The van der Waals surface area contributed by atoms with Crippen LogP contribution in [-0.2, 0) is 6.42 Å². The zero-order valence-corrected chi connectivity index (χ0v) is 8.35. The Bertz CT molecular complexity index is 355. The fourth-order valence-corrected chi connectivity index (χ4v) is 1.32. The van der Waals surface area contributed by atoms with Crippen molar-refractivity contribution >= 4 is 11.6 Å². The zero-order valence-electron chi connectivity index (χ0n) is 7.60. The maximum absolute atomic E-state index is 8.56. The number of benzene rings is 1. The van der Waals surface area contributed by atoms with E-state index in [9.17, 15) is 0 Å². The molecule has 1 aromatic carbocycles. The number of hydrogen-bond acceptors (Lipinski definition) is 2. The zero-order chi connectivity index (χ0) is 9.84. The quantitative estimate of drug-likeness (QED) is 0.727. The molecule has 0 saturated carbocycles. The molecular weight excluding hydrogens is 186 g/mol. The summed E-state index contributed by atoms with van der Waals surface area (Å²) < 4.78 is 5.04. The number of rotatable bonds is 2. The molecule has 13 heavy (non-hydrogen) atoms. The van der Waals surface area contributed by atoms with Gasteiger partial charge in [-0.3, -0.25) is 0 Å². The van der Waals surface area contributed by atoms with Crippen LogP contribution in [0.3, 0.4) is 0 Å². The molecule has 0 atom stereocenters. The molecule has 0 saturated heterocycles. The van der Waals surface area contributed by atoms with Crippen molar-refractivity contribution in [3.8, 4) is 11.8 Å². The van der Waals surface area contributed by atoms with Crippen molar-refractivity contribution in [3.63, 3.8) is 0 Å². The molecule has 0 unspecified atom stereocenters. The van der Waals surface area contributed by atoms with Gasteiger partial charge in [0.05, 0.1) is 19.6 Å². The van der Waals surface area contributed by atoms with Gasteiger partial charge < -0.3 is 4.74 Å². The van der Waals surface area contributed by atoms with E-state index in [1.165, 1.54) is 0 Å². The molecule has 0 heterocycles. The third kappa shape index (κ3) is 2.13. The second-order valence-corrected chi connectivity index (χ2v) is 3.14. The van der Waals surface area contributed by atoms with Crippen molar-refractivity contribution < 1.29 is 4.74 Å². The largest absolute Gasteiger partial charge is 0.497 e. The average Bonchev–Trinajstić information content (AvgIpc) is 2.13. The predicted molar refractivity (Wildman–Crippen MR) is 52.1 cm³/mol. The Morgan fingerprint density at radius 3 is 2.77 bits per heavy atom. The molecule has 0 bridgehead atoms. The lowest BCUT2D eigenvalue weighted by molar-refractivity contribution is 0.414. The minimum atomic E-state index is 0.364. The number of nitrogens with zero attached hydrogens (tertiary/aromatic N) is 1. The van der Waals surface area contributed by atoms with Gasteiger partial charge in [-0.1, -0.05) is 11.6 Å². The van der Waals surface area contributed by atoms with Gasteiger partial charge in [0.25, 0.3) is 0 Å². The van der Waals surface area contributed by atoms with E-state index in [2.05, 4.69) is 6.07 Å². The molecule has 68 valence electrons. The lowest BCUT2D eigenvalue weighted by atomic mass is 10.1. The summed E-state index contributed by atoms with van der Waals surface area (Å²) in [6.07, 6.45) is 0.364. The third-order valence-corrected chi connectivity index (χ3v) is 2.32.